The Bertz CT molecular complexity index is 387. The molecule has 2 atom stereocenters. The van der Waals surface area contributed by atoms with Crippen molar-refractivity contribution in [2.45, 2.75) is 32.6 Å². The largest absolute Gasteiger partial charge is 0.399 e. The lowest BCUT2D eigenvalue weighted by Gasteiger charge is -2.35. The van der Waals surface area contributed by atoms with Gasteiger partial charge in [-0.1, -0.05) is 22.0 Å². The van der Waals surface area contributed by atoms with Crippen molar-refractivity contribution in [1.29, 1.82) is 0 Å². The van der Waals surface area contributed by atoms with Crippen molar-refractivity contribution in [3.8, 4) is 0 Å². The fourth-order valence-corrected chi connectivity index (χ4v) is 2.87. The fraction of sp³-hybridized carbons (Fsp3) is 0.538. The molecule has 1 aliphatic rings. The zero-order valence-corrected chi connectivity index (χ0v) is 11.9. The molecule has 1 aromatic carbocycles. The summed E-state index contributed by atoms with van der Waals surface area (Å²) in [5, 5.41) is 0. The van der Waals surface area contributed by atoms with Crippen LogP contribution in [-0.4, -0.2) is 30.2 Å². The highest BCUT2D eigenvalue weighted by atomic mass is 79.9. The highest BCUT2D eigenvalue weighted by molar-refractivity contribution is 9.10. The third-order valence-corrected chi connectivity index (χ3v) is 3.70. The third kappa shape index (κ3) is 3.44. The normalized spacial score (nSPS) is 26.1. The monoisotopic (exact) mass is 298 g/mol. The summed E-state index contributed by atoms with van der Waals surface area (Å²) in [5.41, 5.74) is 7.82. The summed E-state index contributed by atoms with van der Waals surface area (Å²) in [5.74, 6) is 0. The van der Waals surface area contributed by atoms with Crippen LogP contribution in [-0.2, 0) is 11.3 Å². The Kier molecular flexibility index (Phi) is 4.07. The van der Waals surface area contributed by atoms with E-state index in [1.54, 1.807) is 0 Å². The quantitative estimate of drug-likeness (QED) is 0.853. The number of nitrogens with zero attached hydrogens (tertiary/aromatic N) is 1. The van der Waals surface area contributed by atoms with Crippen molar-refractivity contribution in [3.05, 3.63) is 28.2 Å². The number of nitrogens with two attached hydrogens (primary N) is 1. The summed E-state index contributed by atoms with van der Waals surface area (Å²) in [7, 11) is 0. The second-order valence-corrected chi connectivity index (χ2v) is 5.66. The van der Waals surface area contributed by atoms with E-state index in [1.165, 1.54) is 5.56 Å². The van der Waals surface area contributed by atoms with Gasteiger partial charge in [0.1, 0.15) is 0 Å². The van der Waals surface area contributed by atoms with Crippen molar-refractivity contribution in [3.63, 3.8) is 0 Å². The molecule has 2 N–H and O–H groups in total. The lowest BCUT2D eigenvalue weighted by Crippen LogP contribution is -2.44. The summed E-state index contributed by atoms with van der Waals surface area (Å²) in [6.45, 7) is 7.17. The number of hydrogen-bond acceptors (Lipinski definition) is 3. The second-order valence-electron chi connectivity index (χ2n) is 4.80. The molecular weight excluding hydrogens is 280 g/mol. The predicted molar refractivity (Wildman–Crippen MR) is 73.8 cm³/mol. The van der Waals surface area contributed by atoms with E-state index in [2.05, 4.69) is 40.7 Å². The minimum absolute atomic E-state index is 0.311. The second kappa shape index (κ2) is 5.38. The van der Waals surface area contributed by atoms with E-state index in [0.717, 1.165) is 29.8 Å². The van der Waals surface area contributed by atoms with E-state index in [4.69, 9.17) is 10.5 Å². The van der Waals surface area contributed by atoms with Crippen LogP contribution in [0.3, 0.4) is 0 Å². The molecule has 0 amide bonds. The zero-order chi connectivity index (χ0) is 12.4. The van der Waals surface area contributed by atoms with E-state index >= 15 is 0 Å². The maximum absolute atomic E-state index is 5.74. The number of halogens is 1. The van der Waals surface area contributed by atoms with Crippen LogP contribution in [0, 0.1) is 0 Å². The molecule has 0 bridgehead atoms. The SMILES string of the molecule is C[C@H]1CN(Cc2ccc(N)cc2Br)C[C@H](C)O1. The Morgan fingerprint density at radius 2 is 2.00 bits per heavy atom. The number of ether oxygens (including phenoxy) is 1. The van der Waals surface area contributed by atoms with Crippen LogP contribution in [0.1, 0.15) is 19.4 Å². The van der Waals surface area contributed by atoms with Gasteiger partial charge in [0.15, 0.2) is 0 Å². The third-order valence-electron chi connectivity index (χ3n) is 2.97. The lowest BCUT2D eigenvalue weighted by molar-refractivity contribution is -0.0705. The van der Waals surface area contributed by atoms with Crippen LogP contribution >= 0.6 is 15.9 Å². The molecule has 1 aromatic rings. The topological polar surface area (TPSA) is 38.5 Å². The van der Waals surface area contributed by atoms with Crippen LogP contribution in [0.25, 0.3) is 0 Å². The van der Waals surface area contributed by atoms with Gasteiger partial charge >= 0.3 is 0 Å². The van der Waals surface area contributed by atoms with Gasteiger partial charge in [0.2, 0.25) is 0 Å². The molecule has 1 fully saturated rings. The number of hydrogen-bond donors (Lipinski definition) is 1. The molecule has 94 valence electrons. The summed E-state index contributed by atoms with van der Waals surface area (Å²) >= 11 is 3.57. The number of anilines is 1. The van der Waals surface area contributed by atoms with Gasteiger partial charge in [-0.2, -0.15) is 0 Å². The van der Waals surface area contributed by atoms with Gasteiger partial charge in [-0.15, -0.1) is 0 Å². The maximum Gasteiger partial charge on any atom is 0.0678 e. The fourth-order valence-electron chi connectivity index (χ4n) is 2.35. The van der Waals surface area contributed by atoms with Crippen molar-refractivity contribution in [2.24, 2.45) is 0 Å². The first-order valence-electron chi connectivity index (χ1n) is 5.96. The van der Waals surface area contributed by atoms with Crippen LogP contribution in [0.15, 0.2) is 22.7 Å². The van der Waals surface area contributed by atoms with Crippen molar-refractivity contribution in [2.75, 3.05) is 18.8 Å². The van der Waals surface area contributed by atoms with Gasteiger partial charge in [-0.3, -0.25) is 4.90 Å². The van der Waals surface area contributed by atoms with E-state index in [-0.39, 0.29) is 0 Å². The average Bonchev–Trinajstić information content (AvgIpc) is 2.21. The molecule has 17 heavy (non-hydrogen) atoms. The molecule has 1 saturated heterocycles. The first-order chi connectivity index (χ1) is 8.04. The Hall–Kier alpha value is -0.580. The van der Waals surface area contributed by atoms with Gasteiger partial charge in [0.05, 0.1) is 12.2 Å². The molecule has 0 aliphatic carbocycles. The van der Waals surface area contributed by atoms with Crippen LogP contribution in [0.2, 0.25) is 0 Å². The zero-order valence-electron chi connectivity index (χ0n) is 10.3. The van der Waals surface area contributed by atoms with Gasteiger partial charge in [0, 0.05) is 29.8 Å². The Morgan fingerprint density at radius 1 is 1.35 bits per heavy atom. The van der Waals surface area contributed by atoms with Gasteiger partial charge in [0.25, 0.3) is 0 Å². The smallest absolute Gasteiger partial charge is 0.0678 e. The van der Waals surface area contributed by atoms with Crippen molar-refractivity contribution in [1.82, 2.24) is 4.90 Å². The van der Waals surface area contributed by atoms with Crippen LogP contribution in [0.4, 0.5) is 5.69 Å². The van der Waals surface area contributed by atoms with E-state index in [1.807, 2.05) is 12.1 Å². The van der Waals surface area contributed by atoms with Crippen molar-refractivity contribution < 1.29 is 4.74 Å². The first-order valence-corrected chi connectivity index (χ1v) is 6.75. The molecular formula is C13H19BrN2O. The highest BCUT2D eigenvalue weighted by Crippen LogP contribution is 2.22. The van der Waals surface area contributed by atoms with E-state index < -0.39 is 0 Å². The molecule has 2 rings (SSSR count). The number of morpholine rings is 1. The van der Waals surface area contributed by atoms with Gasteiger partial charge in [-0.25, -0.2) is 0 Å². The van der Waals surface area contributed by atoms with Crippen molar-refractivity contribution >= 4 is 21.6 Å². The molecule has 0 saturated carbocycles. The predicted octanol–water partition coefficient (Wildman–Crippen LogP) is 2.64. The van der Waals surface area contributed by atoms with Gasteiger partial charge in [-0.05, 0) is 31.5 Å². The molecule has 0 spiro atoms. The Morgan fingerprint density at radius 3 is 2.59 bits per heavy atom. The van der Waals surface area contributed by atoms with Crippen LogP contribution < -0.4 is 5.73 Å². The summed E-state index contributed by atoms with van der Waals surface area (Å²) < 4.78 is 6.82. The lowest BCUT2D eigenvalue weighted by atomic mass is 10.1. The standard InChI is InChI=1S/C13H19BrN2O/c1-9-6-16(7-10(2)17-9)8-11-3-4-12(15)5-13(11)14/h3-5,9-10H,6-8,15H2,1-2H3/t9-,10-/m0/s1. The summed E-state index contributed by atoms with van der Waals surface area (Å²) in [4.78, 5) is 2.43. The number of rotatable bonds is 2. The average molecular weight is 299 g/mol. The maximum atomic E-state index is 5.74. The Labute approximate surface area is 111 Å². The van der Waals surface area contributed by atoms with Crippen LogP contribution in [0.5, 0.6) is 0 Å². The molecule has 1 heterocycles. The molecule has 3 nitrogen and oxygen atoms in total. The number of benzene rings is 1. The molecule has 0 radical (unpaired) electrons. The molecule has 1 aliphatic heterocycles. The number of nitrogen functional groups attached to an aromatic ring is 1. The first kappa shape index (κ1) is 12.9. The minimum atomic E-state index is 0.311. The molecule has 0 aromatic heterocycles. The minimum Gasteiger partial charge on any atom is -0.399 e. The Balaban J connectivity index is 2.04. The summed E-state index contributed by atoms with van der Waals surface area (Å²) in [6.07, 6.45) is 0.623. The van der Waals surface area contributed by atoms with Gasteiger partial charge < -0.3 is 10.5 Å². The van der Waals surface area contributed by atoms with E-state index in [0.29, 0.717) is 12.2 Å². The van der Waals surface area contributed by atoms with E-state index in [9.17, 15) is 0 Å². The highest BCUT2D eigenvalue weighted by Gasteiger charge is 2.22. The molecule has 4 heteroatoms. The molecule has 0 unspecified atom stereocenters. The summed E-state index contributed by atoms with van der Waals surface area (Å²) in [6, 6.07) is 6.00.